The van der Waals surface area contributed by atoms with Crippen LogP contribution in [-0.4, -0.2) is 20.6 Å². The molecule has 0 bridgehead atoms. The number of nitrogens with zero attached hydrogens (tertiary/aromatic N) is 4. The van der Waals surface area contributed by atoms with Gasteiger partial charge in [0.15, 0.2) is 0 Å². The molecule has 0 radical (unpaired) electrons. The van der Waals surface area contributed by atoms with Gasteiger partial charge in [-0.3, -0.25) is 19.6 Å². The summed E-state index contributed by atoms with van der Waals surface area (Å²) in [6, 6.07) is 5.42. The highest BCUT2D eigenvalue weighted by Gasteiger charge is 2.17. The zero-order valence-electron chi connectivity index (χ0n) is 10.7. The topological polar surface area (TPSA) is 114 Å². The SMILES string of the molecule is Cn1ncc(C#N)c1NC(=O)c1cc(Cl)cc([N+](=O)[O-])c1. The number of hydrogen-bond acceptors (Lipinski definition) is 5. The zero-order valence-corrected chi connectivity index (χ0v) is 11.5. The number of aromatic nitrogens is 2. The van der Waals surface area contributed by atoms with Gasteiger partial charge in [0.1, 0.15) is 17.5 Å². The number of aryl methyl sites for hydroxylation is 1. The lowest BCUT2D eigenvalue weighted by atomic mass is 10.2. The van der Waals surface area contributed by atoms with Gasteiger partial charge >= 0.3 is 0 Å². The predicted molar refractivity (Wildman–Crippen MR) is 74.0 cm³/mol. The number of nitrogens with one attached hydrogen (secondary N) is 1. The molecule has 2 rings (SSSR count). The van der Waals surface area contributed by atoms with Crippen molar-refractivity contribution >= 4 is 29.0 Å². The summed E-state index contributed by atoms with van der Waals surface area (Å²) >= 11 is 5.76. The molecule has 8 nitrogen and oxygen atoms in total. The van der Waals surface area contributed by atoms with Gasteiger partial charge in [-0.15, -0.1) is 0 Å². The number of carbonyl (C=O) groups is 1. The second-order valence-corrected chi connectivity index (χ2v) is 4.49. The molecule has 0 saturated carbocycles. The highest BCUT2D eigenvalue weighted by molar-refractivity contribution is 6.31. The van der Waals surface area contributed by atoms with Crippen LogP contribution in [0.5, 0.6) is 0 Å². The van der Waals surface area contributed by atoms with E-state index in [-0.39, 0.29) is 27.7 Å². The molecular formula is C12H8ClN5O3. The molecule has 0 aliphatic carbocycles. The van der Waals surface area contributed by atoms with Crippen LogP contribution in [0.4, 0.5) is 11.5 Å². The van der Waals surface area contributed by atoms with Crippen LogP contribution in [0.1, 0.15) is 15.9 Å². The number of rotatable bonds is 3. The molecular weight excluding hydrogens is 298 g/mol. The lowest BCUT2D eigenvalue weighted by Gasteiger charge is -2.06. The molecule has 9 heteroatoms. The summed E-state index contributed by atoms with van der Waals surface area (Å²) in [5, 5.41) is 26.1. The molecule has 106 valence electrons. The molecule has 0 saturated heterocycles. The van der Waals surface area contributed by atoms with E-state index in [2.05, 4.69) is 10.4 Å². The minimum absolute atomic E-state index is 0.0132. The fraction of sp³-hybridized carbons (Fsp3) is 0.0833. The summed E-state index contributed by atoms with van der Waals surface area (Å²) in [4.78, 5) is 22.2. The van der Waals surface area contributed by atoms with E-state index >= 15 is 0 Å². The van der Waals surface area contributed by atoms with Gasteiger partial charge in [-0.05, 0) is 6.07 Å². The van der Waals surface area contributed by atoms with Crippen LogP contribution in [0.15, 0.2) is 24.4 Å². The minimum atomic E-state index is -0.645. The van der Waals surface area contributed by atoms with Crippen LogP contribution in [0.2, 0.25) is 5.02 Å². The Hall–Kier alpha value is -2.92. The summed E-state index contributed by atoms with van der Waals surface area (Å²) in [6.07, 6.45) is 1.30. The monoisotopic (exact) mass is 305 g/mol. The number of nitro groups is 1. The van der Waals surface area contributed by atoms with Gasteiger partial charge in [0.2, 0.25) is 0 Å². The standard InChI is InChI=1S/C12H8ClN5O3/c1-17-11(8(5-14)6-15-17)16-12(19)7-2-9(13)4-10(3-7)18(20)21/h2-4,6H,1H3,(H,16,19). The summed E-state index contributed by atoms with van der Waals surface area (Å²) in [6.45, 7) is 0. The van der Waals surface area contributed by atoms with E-state index in [1.807, 2.05) is 6.07 Å². The van der Waals surface area contributed by atoms with E-state index < -0.39 is 10.8 Å². The Labute approximate surface area is 123 Å². The van der Waals surface area contributed by atoms with Crippen molar-refractivity contribution in [3.8, 4) is 6.07 Å². The maximum absolute atomic E-state index is 12.1. The van der Waals surface area contributed by atoms with Crippen molar-refractivity contribution in [2.24, 2.45) is 7.05 Å². The Morgan fingerprint density at radius 1 is 1.52 bits per heavy atom. The van der Waals surface area contributed by atoms with Crippen LogP contribution in [0.25, 0.3) is 0 Å². The van der Waals surface area contributed by atoms with Gasteiger partial charge in [-0.2, -0.15) is 10.4 Å². The minimum Gasteiger partial charge on any atom is -0.306 e. The fourth-order valence-corrected chi connectivity index (χ4v) is 1.89. The molecule has 1 aromatic heterocycles. The molecule has 0 unspecified atom stereocenters. The highest BCUT2D eigenvalue weighted by Crippen LogP contribution is 2.22. The lowest BCUT2D eigenvalue weighted by molar-refractivity contribution is -0.384. The second-order valence-electron chi connectivity index (χ2n) is 4.05. The van der Waals surface area contributed by atoms with Crippen LogP contribution in [0.3, 0.4) is 0 Å². The molecule has 2 aromatic rings. The summed E-state index contributed by atoms with van der Waals surface area (Å²) in [5.41, 5.74) is -0.0974. The third-order valence-corrected chi connectivity index (χ3v) is 2.86. The van der Waals surface area contributed by atoms with Crippen molar-refractivity contribution in [1.82, 2.24) is 9.78 Å². The average molecular weight is 306 g/mol. The van der Waals surface area contributed by atoms with Gasteiger partial charge < -0.3 is 5.32 Å². The Balaban J connectivity index is 2.35. The molecule has 1 N–H and O–H groups in total. The largest absolute Gasteiger partial charge is 0.306 e. The van der Waals surface area contributed by atoms with Crippen molar-refractivity contribution < 1.29 is 9.72 Å². The number of amides is 1. The summed E-state index contributed by atoms with van der Waals surface area (Å²) in [7, 11) is 1.55. The fourth-order valence-electron chi connectivity index (χ4n) is 1.66. The molecule has 21 heavy (non-hydrogen) atoms. The number of anilines is 1. The van der Waals surface area contributed by atoms with Crippen molar-refractivity contribution in [2.75, 3.05) is 5.32 Å². The molecule has 1 aromatic carbocycles. The molecule has 0 spiro atoms. The van der Waals surface area contributed by atoms with Gasteiger partial charge in [-0.25, -0.2) is 0 Å². The van der Waals surface area contributed by atoms with E-state index in [0.717, 1.165) is 12.1 Å². The molecule has 0 aliphatic rings. The number of benzene rings is 1. The average Bonchev–Trinajstić information content (AvgIpc) is 2.78. The Bertz CT molecular complexity index is 778. The number of nitro benzene ring substituents is 1. The van der Waals surface area contributed by atoms with E-state index in [0.29, 0.717) is 0 Å². The van der Waals surface area contributed by atoms with E-state index in [9.17, 15) is 14.9 Å². The predicted octanol–water partition coefficient (Wildman–Crippen LogP) is 2.11. The molecule has 1 amide bonds. The number of non-ortho nitro benzene ring substituents is 1. The normalized spacial score (nSPS) is 9.95. The van der Waals surface area contributed by atoms with Crippen molar-refractivity contribution in [2.45, 2.75) is 0 Å². The number of carbonyl (C=O) groups excluding carboxylic acids is 1. The van der Waals surface area contributed by atoms with Crippen LogP contribution in [0, 0.1) is 21.4 Å². The quantitative estimate of drug-likeness (QED) is 0.689. The van der Waals surface area contributed by atoms with Crippen LogP contribution >= 0.6 is 11.6 Å². The first kappa shape index (κ1) is 14.5. The first-order chi connectivity index (χ1) is 9.92. The van der Waals surface area contributed by atoms with Gasteiger partial charge in [-0.1, -0.05) is 11.6 Å². The first-order valence-corrected chi connectivity index (χ1v) is 5.98. The van der Waals surface area contributed by atoms with Crippen LogP contribution < -0.4 is 5.32 Å². The Kier molecular flexibility index (Phi) is 3.86. The van der Waals surface area contributed by atoms with Crippen LogP contribution in [-0.2, 0) is 7.05 Å². The maximum atomic E-state index is 12.1. The van der Waals surface area contributed by atoms with Gasteiger partial charge in [0.05, 0.1) is 11.1 Å². The zero-order chi connectivity index (χ0) is 15.6. The van der Waals surface area contributed by atoms with Crippen molar-refractivity contribution in [3.63, 3.8) is 0 Å². The van der Waals surface area contributed by atoms with Crippen molar-refractivity contribution in [3.05, 3.63) is 50.7 Å². The van der Waals surface area contributed by atoms with Gasteiger partial charge in [0, 0.05) is 29.8 Å². The number of nitriles is 1. The van der Waals surface area contributed by atoms with Gasteiger partial charge in [0.25, 0.3) is 11.6 Å². The third kappa shape index (κ3) is 2.98. The lowest BCUT2D eigenvalue weighted by Crippen LogP contribution is -2.15. The second kappa shape index (κ2) is 5.60. The van der Waals surface area contributed by atoms with E-state index in [1.165, 1.54) is 16.9 Å². The molecule has 0 atom stereocenters. The first-order valence-electron chi connectivity index (χ1n) is 5.61. The van der Waals surface area contributed by atoms with Crippen molar-refractivity contribution in [1.29, 1.82) is 5.26 Å². The number of halogens is 1. The third-order valence-electron chi connectivity index (χ3n) is 2.65. The maximum Gasteiger partial charge on any atom is 0.271 e. The van der Waals surface area contributed by atoms with E-state index in [1.54, 1.807) is 7.05 Å². The molecule has 0 aliphatic heterocycles. The Morgan fingerprint density at radius 2 is 2.24 bits per heavy atom. The highest BCUT2D eigenvalue weighted by atomic mass is 35.5. The summed E-state index contributed by atoms with van der Waals surface area (Å²) in [5.74, 6) is -0.425. The molecule has 1 heterocycles. The Morgan fingerprint density at radius 3 is 2.86 bits per heavy atom. The number of hydrogen-bond donors (Lipinski definition) is 1. The smallest absolute Gasteiger partial charge is 0.271 e. The van der Waals surface area contributed by atoms with E-state index in [4.69, 9.17) is 16.9 Å². The molecule has 0 fully saturated rings. The summed E-state index contributed by atoms with van der Waals surface area (Å²) < 4.78 is 1.31.